The number of hydrogen-bond donors (Lipinski definition) is 0. The van der Waals surface area contributed by atoms with Gasteiger partial charge in [-0.25, -0.2) is 4.39 Å². The molecule has 2 aromatic carbocycles. The molecular formula is C18H20FNOS. The second kappa shape index (κ2) is 7.45. The Labute approximate surface area is 135 Å². The van der Waals surface area contributed by atoms with E-state index in [1.165, 1.54) is 12.1 Å². The highest BCUT2D eigenvalue weighted by molar-refractivity contribution is 7.98. The number of hydrogen-bond acceptors (Lipinski definition) is 2. The van der Waals surface area contributed by atoms with Gasteiger partial charge in [-0.3, -0.25) is 4.79 Å². The van der Waals surface area contributed by atoms with Crippen LogP contribution in [0.15, 0.2) is 47.4 Å². The van der Waals surface area contributed by atoms with Gasteiger partial charge in [-0.05, 0) is 55.5 Å². The fourth-order valence-electron chi connectivity index (χ4n) is 2.31. The summed E-state index contributed by atoms with van der Waals surface area (Å²) in [6.45, 7) is 4.87. The summed E-state index contributed by atoms with van der Waals surface area (Å²) in [7, 11) is 0. The second-order valence-electron chi connectivity index (χ2n) is 5.13. The number of benzene rings is 2. The van der Waals surface area contributed by atoms with Gasteiger partial charge in [-0.2, -0.15) is 0 Å². The standard InChI is InChI=1S/C18H20FNOS/c1-4-20(12-14-6-5-7-15(19)10-14)18(21)17-11-16(22-3)9-8-13(17)2/h5-11H,4,12H2,1-3H3. The lowest BCUT2D eigenvalue weighted by Crippen LogP contribution is -2.30. The van der Waals surface area contributed by atoms with Gasteiger partial charge in [0.2, 0.25) is 0 Å². The van der Waals surface area contributed by atoms with Crippen LogP contribution in [0.25, 0.3) is 0 Å². The van der Waals surface area contributed by atoms with Crippen LogP contribution in [-0.4, -0.2) is 23.6 Å². The minimum absolute atomic E-state index is 0.0137. The molecule has 1 amide bonds. The molecule has 2 rings (SSSR count). The summed E-state index contributed by atoms with van der Waals surface area (Å²) >= 11 is 1.61. The summed E-state index contributed by atoms with van der Waals surface area (Å²) < 4.78 is 13.3. The fourth-order valence-corrected chi connectivity index (χ4v) is 2.75. The lowest BCUT2D eigenvalue weighted by atomic mass is 10.1. The molecule has 0 atom stereocenters. The summed E-state index contributed by atoms with van der Waals surface area (Å²) in [5.41, 5.74) is 2.47. The maximum atomic E-state index is 13.3. The third-order valence-corrected chi connectivity index (χ3v) is 4.33. The highest BCUT2D eigenvalue weighted by atomic mass is 32.2. The third kappa shape index (κ3) is 3.89. The van der Waals surface area contributed by atoms with Crippen molar-refractivity contribution >= 4 is 17.7 Å². The summed E-state index contributed by atoms with van der Waals surface area (Å²) in [5.74, 6) is -0.290. The number of halogens is 1. The van der Waals surface area contributed by atoms with E-state index in [1.807, 2.05) is 44.4 Å². The lowest BCUT2D eigenvalue weighted by molar-refractivity contribution is 0.0751. The Morgan fingerprint density at radius 2 is 2.00 bits per heavy atom. The van der Waals surface area contributed by atoms with Crippen molar-refractivity contribution in [3.8, 4) is 0 Å². The molecule has 0 aliphatic carbocycles. The highest BCUT2D eigenvalue weighted by Gasteiger charge is 2.17. The first-order valence-electron chi connectivity index (χ1n) is 7.23. The number of carbonyl (C=O) groups excluding carboxylic acids is 1. The molecule has 2 nitrogen and oxygen atoms in total. The Kier molecular flexibility index (Phi) is 5.61. The van der Waals surface area contributed by atoms with E-state index in [9.17, 15) is 9.18 Å². The first kappa shape index (κ1) is 16.6. The Morgan fingerprint density at radius 1 is 1.23 bits per heavy atom. The van der Waals surface area contributed by atoms with Crippen LogP contribution in [0, 0.1) is 12.7 Å². The molecule has 2 aromatic rings. The maximum Gasteiger partial charge on any atom is 0.254 e. The van der Waals surface area contributed by atoms with Crippen molar-refractivity contribution in [3.63, 3.8) is 0 Å². The van der Waals surface area contributed by atoms with E-state index in [-0.39, 0.29) is 11.7 Å². The van der Waals surface area contributed by atoms with Crippen molar-refractivity contribution in [1.29, 1.82) is 0 Å². The average molecular weight is 317 g/mol. The Balaban J connectivity index is 2.25. The van der Waals surface area contributed by atoms with Crippen LogP contribution >= 0.6 is 11.8 Å². The zero-order valence-electron chi connectivity index (χ0n) is 13.1. The SMILES string of the molecule is CCN(Cc1cccc(F)c1)C(=O)c1cc(SC)ccc1C. The number of aryl methyl sites for hydroxylation is 1. The van der Waals surface area contributed by atoms with Crippen molar-refractivity contribution in [1.82, 2.24) is 4.90 Å². The molecule has 0 aliphatic rings. The molecule has 0 aliphatic heterocycles. The Morgan fingerprint density at radius 3 is 2.64 bits per heavy atom. The van der Waals surface area contributed by atoms with Crippen LogP contribution in [0.1, 0.15) is 28.4 Å². The predicted octanol–water partition coefficient (Wildman–Crippen LogP) is 4.52. The summed E-state index contributed by atoms with van der Waals surface area (Å²) in [4.78, 5) is 15.6. The van der Waals surface area contributed by atoms with Gasteiger partial charge in [0.15, 0.2) is 0 Å². The monoisotopic (exact) mass is 317 g/mol. The van der Waals surface area contributed by atoms with Crippen LogP contribution in [0.4, 0.5) is 4.39 Å². The summed E-state index contributed by atoms with van der Waals surface area (Å²) in [5, 5.41) is 0. The molecule has 0 bridgehead atoms. The largest absolute Gasteiger partial charge is 0.335 e. The first-order chi connectivity index (χ1) is 10.5. The molecular weight excluding hydrogens is 297 g/mol. The number of rotatable bonds is 5. The summed E-state index contributed by atoms with van der Waals surface area (Å²) in [6.07, 6.45) is 1.99. The molecule has 0 spiro atoms. The zero-order valence-corrected chi connectivity index (χ0v) is 13.9. The molecule has 116 valence electrons. The first-order valence-corrected chi connectivity index (χ1v) is 8.46. The molecule has 0 heterocycles. The molecule has 0 radical (unpaired) electrons. The van der Waals surface area contributed by atoms with Crippen LogP contribution < -0.4 is 0 Å². The van der Waals surface area contributed by atoms with Gasteiger partial charge in [0.05, 0.1) is 0 Å². The van der Waals surface area contributed by atoms with Crippen LogP contribution in [0.5, 0.6) is 0 Å². The number of carbonyl (C=O) groups is 1. The second-order valence-corrected chi connectivity index (χ2v) is 6.01. The molecule has 0 saturated carbocycles. The van der Waals surface area contributed by atoms with Crippen molar-refractivity contribution in [2.75, 3.05) is 12.8 Å². The van der Waals surface area contributed by atoms with Gasteiger partial charge in [-0.1, -0.05) is 18.2 Å². The highest BCUT2D eigenvalue weighted by Crippen LogP contribution is 2.21. The topological polar surface area (TPSA) is 20.3 Å². The van der Waals surface area contributed by atoms with Gasteiger partial charge in [0.25, 0.3) is 5.91 Å². The van der Waals surface area contributed by atoms with Gasteiger partial charge in [-0.15, -0.1) is 11.8 Å². The van der Waals surface area contributed by atoms with E-state index in [1.54, 1.807) is 22.7 Å². The summed E-state index contributed by atoms with van der Waals surface area (Å²) in [6, 6.07) is 12.3. The Bertz CT molecular complexity index is 672. The quantitative estimate of drug-likeness (QED) is 0.756. The predicted molar refractivity (Wildman–Crippen MR) is 89.8 cm³/mol. The Hall–Kier alpha value is -1.81. The molecule has 4 heteroatoms. The third-order valence-electron chi connectivity index (χ3n) is 3.61. The number of nitrogens with zero attached hydrogens (tertiary/aromatic N) is 1. The van der Waals surface area contributed by atoms with E-state index in [0.717, 1.165) is 16.0 Å². The normalized spacial score (nSPS) is 10.5. The van der Waals surface area contributed by atoms with E-state index in [0.29, 0.717) is 18.7 Å². The number of thioether (sulfide) groups is 1. The van der Waals surface area contributed by atoms with Gasteiger partial charge in [0, 0.05) is 23.5 Å². The zero-order chi connectivity index (χ0) is 16.1. The molecule has 0 fully saturated rings. The van der Waals surface area contributed by atoms with Crippen molar-refractivity contribution in [2.24, 2.45) is 0 Å². The smallest absolute Gasteiger partial charge is 0.254 e. The maximum absolute atomic E-state index is 13.3. The molecule has 22 heavy (non-hydrogen) atoms. The van der Waals surface area contributed by atoms with Crippen molar-refractivity contribution in [2.45, 2.75) is 25.3 Å². The molecule has 0 unspecified atom stereocenters. The minimum atomic E-state index is -0.276. The van der Waals surface area contributed by atoms with E-state index in [4.69, 9.17) is 0 Å². The van der Waals surface area contributed by atoms with Crippen LogP contribution in [-0.2, 0) is 6.54 Å². The molecule has 0 saturated heterocycles. The van der Waals surface area contributed by atoms with Crippen LogP contribution in [0.3, 0.4) is 0 Å². The van der Waals surface area contributed by atoms with Crippen molar-refractivity contribution < 1.29 is 9.18 Å². The van der Waals surface area contributed by atoms with E-state index in [2.05, 4.69) is 0 Å². The fraction of sp³-hybridized carbons (Fsp3) is 0.278. The van der Waals surface area contributed by atoms with Gasteiger partial charge < -0.3 is 4.90 Å². The lowest BCUT2D eigenvalue weighted by Gasteiger charge is -2.22. The van der Waals surface area contributed by atoms with E-state index >= 15 is 0 Å². The van der Waals surface area contributed by atoms with Gasteiger partial charge in [0.1, 0.15) is 5.82 Å². The van der Waals surface area contributed by atoms with E-state index < -0.39 is 0 Å². The molecule has 0 N–H and O–H groups in total. The minimum Gasteiger partial charge on any atom is -0.335 e. The number of amides is 1. The van der Waals surface area contributed by atoms with Crippen molar-refractivity contribution in [3.05, 3.63) is 65.0 Å². The average Bonchev–Trinajstić information content (AvgIpc) is 2.52. The van der Waals surface area contributed by atoms with Gasteiger partial charge >= 0.3 is 0 Å². The van der Waals surface area contributed by atoms with Crippen LogP contribution in [0.2, 0.25) is 0 Å². The molecule has 0 aromatic heterocycles.